The molecule has 0 aromatic carbocycles. The van der Waals surface area contributed by atoms with Crippen molar-refractivity contribution >= 4 is 33.2 Å². The molecule has 0 saturated heterocycles. The summed E-state index contributed by atoms with van der Waals surface area (Å²) in [7, 11) is -2.95. The molecule has 0 fully saturated rings. The van der Waals surface area contributed by atoms with Crippen molar-refractivity contribution in [3.63, 3.8) is 0 Å². The molecule has 0 atom stereocenters. The van der Waals surface area contributed by atoms with Crippen molar-refractivity contribution in [1.29, 1.82) is 0 Å². The highest BCUT2D eigenvalue weighted by atomic mass is 32.2. The average Bonchev–Trinajstić information content (AvgIpc) is 2.66. The van der Waals surface area contributed by atoms with Crippen molar-refractivity contribution in [1.82, 2.24) is 10.3 Å². The number of aryl methyl sites for hydroxylation is 1. The fourth-order valence-electron chi connectivity index (χ4n) is 1.22. The van der Waals surface area contributed by atoms with Gasteiger partial charge in [-0.3, -0.25) is 4.79 Å². The number of aromatic nitrogens is 1. The van der Waals surface area contributed by atoms with E-state index in [4.69, 9.17) is 0 Å². The van der Waals surface area contributed by atoms with E-state index >= 15 is 0 Å². The fourth-order valence-corrected chi connectivity index (χ4v) is 2.47. The summed E-state index contributed by atoms with van der Waals surface area (Å²) in [6.45, 7) is 2.25. The predicted octanol–water partition coefficient (Wildman–Crippen LogP) is 1.02. The van der Waals surface area contributed by atoms with Crippen LogP contribution in [-0.2, 0) is 14.6 Å². The number of sulfone groups is 1. The lowest BCUT2D eigenvalue weighted by Gasteiger charge is -2.00. The van der Waals surface area contributed by atoms with Gasteiger partial charge in [-0.05, 0) is 19.4 Å². The maximum atomic E-state index is 11.4. The minimum absolute atomic E-state index is 0.0856. The van der Waals surface area contributed by atoms with Crippen molar-refractivity contribution in [2.45, 2.75) is 13.3 Å². The zero-order chi connectivity index (χ0) is 13.6. The van der Waals surface area contributed by atoms with Gasteiger partial charge in [-0.25, -0.2) is 13.4 Å². The molecule has 1 aromatic rings. The summed E-state index contributed by atoms with van der Waals surface area (Å²) in [4.78, 5) is 15.6. The molecule has 1 N–H and O–H groups in total. The molecule has 1 amide bonds. The van der Waals surface area contributed by atoms with Gasteiger partial charge in [0.1, 0.15) is 9.84 Å². The van der Waals surface area contributed by atoms with E-state index in [2.05, 4.69) is 10.3 Å². The Morgan fingerprint density at radius 2 is 2.28 bits per heavy atom. The van der Waals surface area contributed by atoms with Gasteiger partial charge in [-0.1, -0.05) is 0 Å². The predicted molar refractivity (Wildman–Crippen MR) is 73.2 cm³/mol. The van der Waals surface area contributed by atoms with E-state index in [1.807, 2.05) is 12.3 Å². The molecule has 100 valence electrons. The number of hydrogen-bond donors (Lipinski definition) is 1. The fraction of sp³-hybridized carbons (Fsp3) is 0.455. The van der Waals surface area contributed by atoms with Gasteiger partial charge in [0.2, 0.25) is 5.91 Å². The van der Waals surface area contributed by atoms with Crippen LogP contribution >= 0.6 is 11.3 Å². The quantitative estimate of drug-likeness (QED) is 0.626. The molecule has 0 unspecified atom stereocenters. The molecule has 1 aromatic heterocycles. The van der Waals surface area contributed by atoms with Gasteiger partial charge in [0.15, 0.2) is 0 Å². The van der Waals surface area contributed by atoms with Crippen molar-refractivity contribution < 1.29 is 13.2 Å². The van der Waals surface area contributed by atoms with E-state index in [1.54, 1.807) is 6.08 Å². The lowest BCUT2D eigenvalue weighted by Crippen LogP contribution is -2.23. The van der Waals surface area contributed by atoms with E-state index in [0.717, 1.165) is 10.7 Å². The Labute approximate surface area is 111 Å². The maximum Gasteiger partial charge on any atom is 0.244 e. The van der Waals surface area contributed by atoms with Gasteiger partial charge in [-0.2, -0.15) is 0 Å². The van der Waals surface area contributed by atoms with Gasteiger partial charge in [0, 0.05) is 24.3 Å². The number of rotatable bonds is 6. The summed E-state index contributed by atoms with van der Waals surface area (Å²) >= 11 is 1.52. The smallest absolute Gasteiger partial charge is 0.244 e. The second-order valence-electron chi connectivity index (χ2n) is 3.90. The Morgan fingerprint density at radius 3 is 2.83 bits per heavy atom. The summed E-state index contributed by atoms with van der Waals surface area (Å²) in [6.07, 6.45) is 4.64. The van der Waals surface area contributed by atoms with Crippen LogP contribution in [-0.4, -0.2) is 37.9 Å². The van der Waals surface area contributed by atoms with Gasteiger partial charge in [0.05, 0.1) is 16.5 Å². The van der Waals surface area contributed by atoms with Crippen molar-refractivity contribution in [2.24, 2.45) is 0 Å². The third kappa shape index (κ3) is 6.51. The van der Waals surface area contributed by atoms with Gasteiger partial charge < -0.3 is 5.32 Å². The molecule has 0 radical (unpaired) electrons. The normalized spacial score (nSPS) is 11.9. The SMILES string of the molecule is Cc1nc(/C=C/C(=O)NCCCS(C)(=O)=O)cs1. The van der Waals surface area contributed by atoms with Crippen LogP contribution in [0, 0.1) is 6.92 Å². The first-order chi connectivity index (χ1) is 8.37. The van der Waals surface area contributed by atoms with Crippen LogP contribution in [0.3, 0.4) is 0 Å². The average molecular weight is 288 g/mol. The molecule has 0 aliphatic rings. The third-order valence-corrected chi connectivity index (χ3v) is 3.86. The number of hydrogen-bond acceptors (Lipinski definition) is 5. The Morgan fingerprint density at radius 1 is 1.56 bits per heavy atom. The largest absolute Gasteiger partial charge is 0.353 e. The van der Waals surface area contributed by atoms with Gasteiger partial charge in [-0.15, -0.1) is 11.3 Å². The van der Waals surface area contributed by atoms with Crippen LogP contribution in [0.2, 0.25) is 0 Å². The first-order valence-corrected chi connectivity index (χ1v) is 8.36. The van der Waals surface area contributed by atoms with Crippen LogP contribution in [0.1, 0.15) is 17.1 Å². The number of nitrogens with one attached hydrogen (secondary N) is 1. The Kier molecular flexibility index (Phi) is 5.49. The molecule has 0 spiro atoms. The van der Waals surface area contributed by atoms with Gasteiger partial charge in [0.25, 0.3) is 0 Å². The van der Waals surface area contributed by atoms with E-state index in [0.29, 0.717) is 13.0 Å². The highest BCUT2D eigenvalue weighted by Gasteiger charge is 2.02. The first kappa shape index (κ1) is 14.8. The Hall–Kier alpha value is -1.21. The molecule has 1 heterocycles. The standard InChI is InChI=1S/C11H16N2O3S2/c1-9-13-10(8-17-9)4-5-11(14)12-6-3-7-18(2,15)16/h4-5,8H,3,6-7H2,1-2H3,(H,12,14)/b5-4+. The molecule has 0 aliphatic carbocycles. The van der Waals surface area contributed by atoms with E-state index in [9.17, 15) is 13.2 Å². The molecule has 18 heavy (non-hydrogen) atoms. The van der Waals surface area contributed by atoms with Crippen LogP contribution in [0.15, 0.2) is 11.5 Å². The van der Waals surface area contributed by atoms with E-state index in [1.165, 1.54) is 23.7 Å². The summed E-state index contributed by atoms with van der Waals surface area (Å²) < 4.78 is 21.7. The zero-order valence-electron chi connectivity index (χ0n) is 10.3. The number of amides is 1. The molecule has 7 heteroatoms. The molecular weight excluding hydrogens is 272 g/mol. The van der Waals surface area contributed by atoms with Crippen LogP contribution in [0.25, 0.3) is 6.08 Å². The molecule has 5 nitrogen and oxygen atoms in total. The monoisotopic (exact) mass is 288 g/mol. The highest BCUT2D eigenvalue weighted by molar-refractivity contribution is 7.90. The molecule has 0 saturated carbocycles. The number of thiazole rings is 1. The topological polar surface area (TPSA) is 76.1 Å². The van der Waals surface area contributed by atoms with E-state index in [-0.39, 0.29) is 11.7 Å². The van der Waals surface area contributed by atoms with Crippen LogP contribution in [0.4, 0.5) is 0 Å². The maximum absolute atomic E-state index is 11.4. The third-order valence-electron chi connectivity index (χ3n) is 2.03. The number of nitrogens with zero attached hydrogens (tertiary/aromatic N) is 1. The second-order valence-corrected chi connectivity index (χ2v) is 7.22. The van der Waals surface area contributed by atoms with E-state index < -0.39 is 9.84 Å². The first-order valence-electron chi connectivity index (χ1n) is 5.42. The molecule has 1 rings (SSSR count). The highest BCUT2D eigenvalue weighted by Crippen LogP contribution is 2.08. The Balaban J connectivity index is 2.28. The van der Waals surface area contributed by atoms with Crippen molar-refractivity contribution in [3.8, 4) is 0 Å². The van der Waals surface area contributed by atoms with Crippen molar-refractivity contribution in [2.75, 3.05) is 18.6 Å². The molecule has 0 aliphatic heterocycles. The summed E-state index contributed by atoms with van der Waals surface area (Å²) in [5.74, 6) is -0.156. The zero-order valence-corrected chi connectivity index (χ0v) is 12.0. The molecular formula is C11H16N2O3S2. The Bertz CT molecular complexity index is 532. The number of carbonyl (C=O) groups excluding carboxylic acids is 1. The van der Waals surface area contributed by atoms with Crippen LogP contribution in [0.5, 0.6) is 0 Å². The van der Waals surface area contributed by atoms with Crippen molar-refractivity contribution in [3.05, 3.63) is 22.2 Å². The lowest BCUT2D eigenvalue weighted by molar-refractivity contribution is -0.116. The summed E-state index contributed by atoms with van der Waals surface area (Å²) in [6, 6.07) is 0. The molecule has 0 bridgehead atoms. The summed E-state index contributed by atoms with van der Waals surface area (Å²) in [5, 5.41) is 5.43. The lowest BCUT2D eigenvalue weighted by atomic mass is 10.4. The second kappa shape index (κ2) is 6.65. The van der Waals surface area contributed by atoms with Gasteiger partial charge >= 0.3 is 0 Å². The minimum Gasteiger partial charge on any atom is -0.353 e. The number of carbonyl (C=O) groups is 1. The van der Waals surface area contributed by atoms with Crippen LogP contribution < -0.4 is 5.32 Å². The minimum atomic E-state index is -2.95. The summed E-state index contributed by atoms with van der Waals surface area (Å²) in [5.41, 5.74) is 0.754.